The maximum Gasteiger partial charge on any atom is 0.306 e. The Labute approximate surface area is 439 Å². The van der Waals surface area contributed by atoms with E-state index >= 15 is 0 Å². The van der Waals surface area contributed by atoms with Gasteiger partial charge in [0.15, 0.2) is 6.10 Å². The van der Waals surface area contributed by atoms with Gasteiger partial charge in [-0.2, -0.15) is 0 Å². The second-order valence-electron chi connectivity index (χ2n) is 19.9. The van der Waals surface area contributed by atoms with E-state index < -0.39 is 6.10 Å². The van der Waals surface area contributed by atoms with Crippen LogP contribution in [0.25, 0.3) is 0 Å². The van der Waals surface area contributed by atoms with E-state index in [2.05, 4.69) is 106 Å². The van der Waals surface area contributed by atoms with Crippen LogP contribution in [0.4, 0.5) is 0 Å². The highest BCUT2D eigenvalue weighted by atomic mass is 16.6. The first-order chi connectivity index (χ1) is 35.0. The number of unbranched alkanes of at least 4 members (excludes halogenated alkanes) is 30. The molecule has 0 aliphatic rings. The number of rotatable bonds is 54. The third kappa shape index (κ3) is 57.4. The van der Waals surface area contributed by atoms with E-state index in [0.717, 1.165) is 116 Å². The van der Waals surface area contributed by atoms with E-state index in [9.17, 15) is 14.4 Å². The molecule has 0 N–H and O–H groups in total. The van der Waals surface area contributed by atoms with E-state index in [1.54, 1.807) is 0 Å². The normalized spacial score (nSPS) is 12.7. The molecule has 0 bridgehead atoms. The highest BCUT2D eigenvalue weighted by Crippen LogP contribution is 2.16. The molecule has 6 nitrogen and oxygen atoms in total. The van der Waals surface area contributed by atoms with Crippen molar-refractivity contribution in [2.45, 2.75) is 297 Å². The highest BCUT2D eigenvalue weighted by Gasteiger charge is 2.19. The molecule has 0 fully saturated rings. The van der Waals surface area contributed by atoms with Crippen LogP contribution in [0.5, 0.6) is 0 Å². The predicted molar refractivity (Wildman–Crippen MR) is 307 cm³/mol. The fourth-order valence-electron chi connectivity index (χ4n) is 8.40. The van der Waals surface area contributed by atoms with Crippen LogP contribution in [0.3, 0.4) is 0 Å². The van der Waals surface area contributed by atoms with Crippen LogP contribution in [0.15, 0.2) is 85.1 Å². The van der Waals surface area contributed by atoms with E-state index in [-0.39, 0.29) is 31.1 Å². The van der Waals surface area contributed by atoms with E-state index in [0.29, 0.717) is 19.3 Å². The molecule has 0 heterocycles. The topological polar surface area (TPSA) is 78.9 Å². The summed E-state index contributed by atoms with van der Waals surface area (Å²) in [4.78, 5) is 38.2. The zero-order valence-electron chi connectivity index (χ0n) is 46.7. The standard InChI is InChI=1S/C65H112O6/c1-4-7-10-13-16-19-22-25-28-31-33-35-37-40-43-46-49-52-55-58-64(67)70-61-62(60-69-63(66)57-54-51-48-45-42-39-36-30-27-24-21-18-15-12-9-6-3)71-65(68)59-56-53-50-47-44-41-38-34-32-29-26-23-20-17-14-11-8-5-2/h7,10,16,19,25,28-29,32-35,38,40,43,62H,4-6,8-9,11-15,17-18,20-24,26-27,30-31,36-37,39,41-42,44-61H2,1-3H3/b10-7-,19-16-,28-25-,32-29-,35-33-,38-34-,43-40-. The van der Waals surface area contributed by atoms with Crippen LogP contribution >= 0.6 is 0 Å². The van der Waals surface area contributed by atoms with Gasteiger partial charge in [0, 0.05) is 19.3 Å². The zero-order valence-corrected chi connectivity index (χ0v) is 46.7. The molecule has 1 unspecified atom stereocenters. The van der Waals surface area contributed by atoms with Gasteiger partial charge in [0.05, 0.1) is 0 Å². The van der Waals surface area contributed by atoms with Crippen molar-refractivity contribution >= 4 is 17.9 Å². The van der Waals surface area contributed by atoms with Crippen molar-refractivity contribution < 1.29 is 28.6 Å². The molecule has 0 radical (unpaired) electrons. The molecule has 0 rings (SSSR count). The van der Waals surface area contributed by atoms with E-state index in [1.807, 2.05) is 0 Å². The van der Waals surface area contributed by atoms with Gasteiger partial charge in [0.1, 0.15) is 13.2 Å². The van der Waals surface area contributed by atoms with Crippen molar-refractivity contribution in [2.75, 3.05) is 13.2 Å². The number of allylic oxidation sites excluding steroid dienone is 14. The van der Waals surface area contributed by atoms with Gasteiger partial charge >= 0.3 is 17.9 Å². The summed E-state index contributed by atoms with van der Waals surface area (Å²) >= 11 is 0. The fourth-order valence-corrected chi connectivity index (χ4v) is 8.40. The summed E-state index contributed by atoms with van der Waals surface area (Å²) in [5.41, 5.74) is 0. The second kappa shape index (κ2) is 59.2. The summed E-state index contributed by atoms with van der Waals surface area (Å²) in [5, 5.41) is 0. The Hall–Kier alpha value is -3.41. The lowest BCUT2D eigenvalue weighted by Gasteiger charge is -2.18. The summed E-state index contributed by atoms with van der Waals surface area (Å²) < 4.78 is 16.9. The lowest BCUT2D eigenvalue weighted by atomic mass is 10.0. The molecular weight excluding hydrogens is 877 g/mol. The lowest BCUT2D eigenvalue weighted by molar-refractivity contribution is -0.167. The minimum absolute atomic E-state index is 0.0915. The molecule has 0 aromatic carbocycles. The maximum absolute atomic E-state index is 12.9. The molecule has 6 heteroatoms. The lowest BCUT2D eigenvalue weighted by Crippen LogP contribution is -2.30. The average Bonchev–Trinajstić information content (AvgIpc) is 3.37. The highest BCUT2D eigenvalue weighted by molar-refractivity contribution is 5.71. The van der Waals surface area contributed by atoms with Crippen LogP contribution in [-0.4, -0.2) is 37.2 Å². The zero-order chi connectivity index (χ0) is 51.4. The van der Waals surface area contributed by atoms with Crippen LogP contribution < -0.4 is 0 Å². The summed E-state index contributed by atoms with van der Waals surface area (Å²) in [5.74, 6) is -0.930. The van der Waals surface area contributed by atoms with Gasteiger partial charge in [-0.05, 0) is 89.9 Å². The van der Waals surface area contributed by atoms with Gasteiger partial charge in [-0.3, -0.25) is 14.4 Å². The maximum atomic E-state index is 12.9. The van der Waals surface area contributed by atoms with Crippen molar-refractivity contribution in [1.82, 2.24) is 0 Å². The van der Waals surface area contributed by atoms with Gasteiger partial charge in [-0.1, -0.05) is 266 Å². The average molecular weight is 990 g/mol. The Kier molecular flexibility index (Phi) is 56.3. The Balaban J connectivity index is 4.46. The molecule has 0 saturated carbocycles. The molecule has 0 aromatic rings. The van der Waals surface area contributed by atoms with Crippen LogP contribution in [0.2, 0.25) is 0 Å². The van der Waals surface area contributed by atoms with Crippen molar-refractivity contribution in [3.63, 3.8) is 0 Å². The smallest absolute Gasteiger partial charge is 0.306 e. The largest absolute Gasteiger partial charge is 0.462 e. The number of carbonyl (C=O) groups excluding carboxylic acids is 3. The van der Waals surface area contributed by atoms with Crippen LogP contribution in [0, 0.1) is 0 Å². The van der Waals surface area contributed by atoms with Crippen molar-refractivity contribution in [3.8, 4) is 0 Å². The van der Waals surface area contributed by atoms with Crippen molar-refractivity contribution in [3.05, 3.63) is 85.1 Å². The summed E-state index contributed by atoms with van der Waals surface area (Å²) in [6.07, 6.45) is 77.2. The van der Waals surface area contributed by atoms with Crippen LogP contribution in [0.1, 0.15) is 290 Å². The molecule has 408 valence electrons. The minimum Gasteiger partial charge on any atom is -0.462 e. The summed E-state index contributed by atoms with van der Waals surface area (Å²) in [6.45, 7) is 6.51. The molecule has 0 aromatic heterocycles. The molecule has 0 saturated heterocycles. The number of ether oxygens (including phenoxy) is 3. The first-order valence-corrected chi connectivity index (χ1v) is 30.1. The van der Waals surface area contributed by atoms with E-state index in [4.69, 9.17) is 14.2 Å². The van der Waals surface area contributed by atoms with Crippen molar-refractivity contribution in [2.24, 2.45) is 0 Å². The molecule has 0 aliphatic heterocycles. The molecule has 1 atom stereocenters. The Morgan fingerprint density at radius 1 is 0.310 bits per heavy atom. The Morgan fingerprint density at radius 3 is 0.958 bits per heavy atom. The number of hydrogen-bond donors (Lipinski definition) is 0. The van der Waals surface area contributed by atoms with Crippen molar-refractivity contribution in [1.29, 1.82) is 0 Å². The fraction of sp³-hybridized carbons (Fsp3) is 0.738. The molecule has 0 aliphatic carbocycles. The van der Waals surface area contributed by atoms with Gasteiger partial charge in [-0.15, -0.1) is 0 Å². The molecule has 0 amide bonds. The first-order valence-electron chi connectivity index (χ1n) is 30.1. The molecular formula is C65H112O6. The summed E-state index contributed by atoms with van der Waals surface area (Å²) in [6, 6.07) is 0. The van der Waals surface area contributed by atoms with Gasteiger partial charge in [0.2, 0.25) is 0 Å². The predicted octanol–water partition coefficient (Wildman–Crippen LogP) is 20.3. The van der Waals surface area contributed by atoms with Gasteiger partial charge in [0.25, 0.3) is 0 Å². The number of esters is 3. The third-order valence-corrected chi connectivity index (χ3v) is 12.9. The Morgan fingerprint density at radius 2 is 0.592 bits per heavy atom. The summed E-state index contributed by atoms with van der Waals surface area (Å²) in [7, 11) is 0. The number of carbonyl (C=O) groups is 3. The van der Waals surface area contributed by atoms with Crippen LogP contribution in [-0.2, 0) is 28.6 Å². The van der Waals surface area contributed by atoms with Gasteiger partial charge in [-0.25, -0.2) is 0 Å². The van der Waals surface area contributed by atoms with Gasteiger partial charge < -0.3 is 14.2 Å². The number of hydrogen-bond acceptors (Lipinski definition) is 6. The quantitative estimate of drug-likeness (QED) is 0.0199. The monoisotopic (exact) mass is 989 g/mol. The SMILES string of the molecule is CC/C=C\C/C=C\C/C=C\C/C=C\C/C=C\CCCCCC(=O)OCC(COC(=O)CCCCCCCCCCCCCCCCCC)OC(=O)CCCCCCC/C=C\C=C/CCCCCCCCC. The molecule has 0 spiro atoms. The first kappa shape index (κ1) is 67.6. The minimum atomic E-state index is -0.798. The van der Waals surface area contributed by atoms with E-state index in [1.165, 1.54) is 135 Å². The second-order valence-corrected chi connectivity index (χ2v) is 19.9. The molecule has 71 heavy (non-hydrogen) atoms. The Bertz CT molecular complexity index is 1370. The third-order valence-electron chi connectivity index (χ3n) is 12.9.